The van der Waals surface area contributed by atoms with Crippen molar-refractivity contribution in [3.8, 4) is 0 Å². The maximum absolute atomic E-state index is 13.2. The number of rotatable bonds is 4. The summed E-state index contributed by atoms with van der Waals surface area (Å²) in [6, 6.07) is 0. The Kier molecular flexibility index (Phi) is 5.18. The molecule has 0 radical (unpaired) electrons. The molecule has 2 saturated heterocycles. The number of nitrogens with one attached hydrogen (secondary N) is 1. The van der Waals surface area contributed by atoms with E-state index in [-0.39, 0.29) is 30.2 Å². The van der Waals surface area contributed by atoms with Crippen LogP contribution < -0.4 is 16.2 Å². The predicted molar refractivity (Wildman–Crippen MR) is 103 cm³/mol. The molecule has 2 aromatic heterocycles. The molecule has 29 heavy (non-hydrogen) atoms. The van der Waals surface area contributed by atoms with Crippen molar-refractivity contribution in [1.82, 2.24) is 24.8 Å². The lowest BCUT2D eigenvalue weighted by Crippen LogP contribution is -2.32. The number of carbonyl (C=O) groups excluding carboxylic acids is 1. The second kappa shape index (κ2) is 7.78. The van der Waals surface area contributed by atoms with Crippen LogP contribution >= 0.6 is 0 Å². The number of esters is 1. The summed E-state index contributed by atoms with van der Waals surface area (Å²) in [5, 5.41) is 20.5. The Morgan fingerprint density at radius 1 is 1.31 bits per heavy atom. The molecule has 3 N–H and O–H groups in total. The van der Waals surface area contributed by atoms with Crippen LogP contribution in [0.1, 0.15) is 45.3 Å². The van der Waals surface area contributed by atoms with Gasteiger partial charge in [0.25, 0.3) is 5.56 Å². The highest BCUT2D eigenvalue weighted by Gasteiger charge is 2.31. The van der Waals surface area contributed by atoms with E-state index in [1.165, 1.54) is 6.92 Å². The maximum atomic E-state index is 13.2. The van der Waals surface area contributed by atoms with Crippen molar-refractivity contribution in [3.05, 3.63) is 10.4 Å². The van der Waals surface area contributed by atoms with Gasteiger partial charge >= 0.3 is 5.97 Å². The fraction of sp³-hybridized carbons (Fsp3) is 0.647. The highest BCUT2D eigenvalue weighted by Crippen LogP contribution is 2.28. The van der Waals surface area contributed by atoms with Crippen molar-refractivity contribution in [2.24, 2.45) is 5.73 Å². The monoisotopic (exact) mass is 404 g/mol. The molecule has 0 aromatic carbocycles. The third-order valence-corrected chi connectivity index (χ3v) is 5.21. The van der Waals surface area contributed by atoms with E-state index in [2.05, 4.69) is 15.4 Å². The molecule has 2 fully saturated rings. The van der Waals surface area contributed by atoms with Crippen molar-refractivity contribution >= 4 is 28.8 Å². The summed E-state index contributed by atoms with van der Waals surface area (Å²) in [4.78, 5) is 26.2. The number of ether oxygens (including phenoxy) is 2. The number of piperidine rings is 1. The number of aromatic nitrogens is 5. The first-order chi connectivity index (χ1) is 14.0. The number of nitrogen functional groups attached to an aromatic ring is 1. The van der Waals surface area contributed by atoms with Crippen LogP contribution in [-0.4, -0.2) is 62.5 Å². The zero-order valence-electron chi connectivity index (χ0n) is 16.2. The second-order valence-corrected chi connectivity index (χ2v) is 7.30. The number of hydrogen-bond acceptors (Lipinski definition) is 9. The first-order valence-corrected chi connectivity index (χ1v) is 9.72. The standard InChI is InChI=1S/C17H24N8O4/c1-10(26)28-9-11-5-6-12(29-11)24-16(27)14-13(20-22-24)15(21-25(14)17(18)19)23-7-3-2-4-8-23/h11-12H,2-9H2,1H3,(H3,18,19). The van der Waals surface area contributed by atoms with Crippen molar-refractivity contribution in [1.29, 1.82) is 5.41 Å². The van der Waals surface area contributed by atoms with Gasteiger partial charge in [0.05, 0.1) is 6.10 Å². The van der Waals surface area contributed by atoms with E-state index >= 15 is 0 Å². The molecular weight excluding hydrogens is 380 g/mol. The molecule has 2 aliphatic rings. The van der Waals surface area contributed by atoms with Gasteiger partial charge in [0, 0.05) is 20.0 Å². The zero-order valence-corrected chi connectivity index (χ0v) is 16.2. The summed E-state index contributed by atoms with van der Waals surface area (Å²) in [5.41, 5.74) is 5.64. The quantitative estimate of drug-likeness (QED) is 0.406. The van der Waals surface area contributed by atoms with Crippen molar-refractivity contribution in [2.75, 3.05) is 24.6 Å². The van der Waals surface area contributed by atoms with Crippen LogP contribution in [0.2, 0.25) is 0 Å². The summed E-state index contributed by atoms with van der Waals surface area (Å²) >= 11 is 0. The van der Waals surface area contributed by atoms with Crippen LogP contribution in [0, 0.1) is 5.41 Å². The topological polar surface area (TPSA) is 154 Å². The molecule has 12 nitrogen and oxygen atoms in total. The Morgan fingerprint density at radius 2 is 2.07 bits per heavy atom. The van der Waals surface area contributed by atoms with Gasteiger partial charge in [-0.3, -0.25) is 15.0 Å². The summed E-state index contributed by atoms with van der Waals surface area (Å²) in [5.74, 6) is -0.229. The molecule has 0 amide bonds. The zero-order chi connectivity index (χ0) is 20.5. The van der Waals surface area contributed by atoms with Gasteiger partial charge in [-0.1, -0.05) is 5.21 Å². The maximum Gasteiger partial charge on any atom is 0.302 e. The van der Waals surface area contributed by atoms with Gasteiger partial charge in [-0.25, -0.2) is 0 Å². The molecule has 2 atom stereocenters. The van der Waals surface area contributed by atoms with Gasteiger partial charge in [-0.05, 0) is 32.1 Å². The molecule has 2 aromatic rings. The third kappa shape index (κ3) is 3.67. The van der Waals surface area contributed by atoms with Crippen LogP contribution in [-0.2, 0) is 14.3 Å². The van der Waals surface area contributed by atoms with E-state index in [1.54, 1.807) is 0 Å². The van der Waals surface area contributed by atoms with Crippen molar-refractivity contribution < 1.29 is 14.3 Å². The highest BCUT2D eigenvalue weighted by atomic mass is 16.6. The van der Waals surface area contributed by atoms with E-state index in [0.29, 0.717) is 24.2 Å². The van der Waals surface area contributed by atoms with Crippen LogP contribution in [0.4, 0.5) is 5.82 Å². The number of fused-ring (bicyclic) bond motifs is 1. The smallest absolute Gasteiger partial charge is 0.302 e. The van der Waals surface area contributed by atoms with Gasteiger partial charge in [-0.2, -0.15) is 9.36 Å². The van der Waals surface area contributed by atoms with E-state index in [1.807, 2.05) is 4.90 Å². The molecule has 0 spiro atoms. The van der Waals surface area contributed by atoms with Crippen LogP contribution in [0.25, 0.3) is 11.0 Å². The minimum Gasteiger partial charge on any atom is -0.463 e. The van der Waals surface area contributed by atoms with Gasteiger partial charge in [0.2, 0.25) is 5.96 Å². The molecule has 2 unspecified atom stereocenters. The highest BCUT2D eigenvalue weighted by molar-refractivity contribution is 5.94. The van der Waals surface area contributed by atoms with Gasteiger partial charge < -0.3 is 20.1 Å². The largest absolute Gasteiger partial charge is 0.463 e. The summed E-state index contributed by atoms with van der Waals surface area (Å²) < 4.78 is 13.0. The lowest BCUT2D eigenvalue weighted by atomic mass is 10.1. The minimum absolute atomic E-state index is 0.111. The summed E-state index contributed by atoms with van der Waals surface area (Å²) in [7, 11) is 0. The predicted octanol–water partition coefficient (Wildman–Crippen LogP) is -0.0394. The molecule has 0 bridgehead atoms. The van der Waals surface area contributed by atoms with Crippen molar-refractivity contribution in [3.63, 3.8) is 0 Å². The van der Waals surface area contributed by atoms with Crippen LogP contribution in [0.3, 0.4) is 0 Å². The van der Waals surface area contributed by atoms with Crippen LogP contribution in [0.5, 0.6) is 0 Å². The van der Waals surface area contributed by atoms with Crippen molar-refractivity contribution in [2.45, 2.75) is 51.4 Å². The van der Waals surface area contributed by atoms with Gasteiger partial charge in [0.1, 0.15) is 6.61 Å². The summed E-state index contributed by atoms with van der Waals surface area (Å²) in [6.45, 7) is 3.07. The molecule has 4 rings (SSSR count). The van der Waals surface area contributed by atoms with E-state index in [0.717, 1.165) is 41.7 Å². The van der Waals surface area contributed by atoms with E-state index in [9.17, 15) is 9.59 Å². The molecule has 4 heterocycles. The lowest BCUT2D eigenvalue weighted by Gasteiger charge is -2.26. The van der Waals surface area contributed by atoms with E-state index < -0.39 is 11.8 Å². The molecule has 156 valence electrons. The third-order valence-electron chi connectivity index (χ3n) is 5.21. The average Bonchev–Trinajstić information content (AvgIpc) is 3.32. The Morgan fingerprint density at radius 3 is 2.76 bits per heavy atom. The Bertz CT molecular complexity index is 993. The molecule has 0 aliphatic carbocycles. The molecule has 0 saturated carbocycles. The Balaban J connectivity index is 1.68. The second-order valence-electron chi connectivity index (χ2n) is 7.30. The number of hydrogen-bond donors (Lipinski definition) is 2. The first kappa shape index (κ1) is 19.3. The Hall–Kier alpha value is -3.02. The molecule has 12 heteroatoms. The first-order valence-electron chi connectivity index (χ1n) is 9.72. The fourth-order valence-corrected chi connectivity index (χ4v) is 3.81. The molecule has 2 aliphatic heterocycles. The van der Waals surface area contributed by atoms with E-state index in [4.69, 9.17) is 20.6 Å². The molecular formula is C17H24N8O4. The SMILES string of the molecule is CC(=O)OCC1CCC(n2nnc3c(N4CCCCC4)nn(C(=N)N)c3c2=O)O1. The fourth-order valence-electron chi connectivity index (χ4n) is 3.81. The number of carbonyl (C=O) groups is 1. The normalized spacial score (nSPS) is 22.2. The minimum atomic E-state index is -0.631. The average molecular weight is 404 g/mol. The van der Waals surface area contributed by atoms with Crippen LogP contribution in [0.15, 0.2) is 4.79 Å². The van der Waals surface area contributed by atoms with Gasteiger partial charge in [0.15, 0.2) is 23.1 Å². The number of nitrogens with two attached hydrogens (primary N) is 1. The number of anilines is 1. The number of nitrogens with zero attached hydrogens (tertiary/aromatic N) is 6. The summed E-state index contributed by atoms with van der Waals surface area (Å²) in [6.07, 6.45) is 3.41. The van der Waals surface area contributed by atoms with Gasteiger partial charge in [-0.15, -0.1) is 10.2 Å². The lowest BCUT2D eigenvalue weighted by molar-refractivity contribution is -0.145. The Labute approximate surface area is 166 Å².